The van der Waals surface area contributed by atoms with E-state index in [0.717, 1.165) is 24.2 Å². The van der Waals surface area contributed by atoms with Crippen molar-refractivity contribution in [2.24, 2.45) is 0 Å². The van der Waals surface area contributed by atoms with Gasteiger partial charge in [0, 0.05) is 31.0 Å². The second-order valence-electron chi connectivity index (χ2n) is 8.50. The largest absolute Gasteiger partial charge is 0.497 e. The Balaban J connectivity index is 1.63. The molecule has 2 N–H and O–H groups in total. The van der Waals surface area contributed by atoms with E-state index < -0.39 is 11.9 Å². The van der Waals surface area contributed by atoms with E-state index in [1.54, 1.807) is 7.11 Å². The van der Waals surface area contributed by atoms with Crippen LogP contribution in [0.5, 0.6) is 5.75 Å². The van der Waals surface area contributed by atoms with Crippen molar-refractivity contribution in [3.63, 3.8) is 0 Å². The van der Waals surface area contributed by atoms with Crippen molar-refractivity contribution >= 4 is 6.09 Å². The highest BCUT2D eigenvalue weighted by molar-refractivity contribution is 5.68. The molecular formula is C21H32N2O5. The zero-order valence-electron chi connectivity index (χ0n) is 17.2. The molecule has 1 aliphatic carbocycles. The van der Waals surface area contributed by atoms with E-state index in [1.165, 1.54) is 0 Å². The summed E-state index contributed by atoms with van der Waals surface area (Å²) >= 11 is 0. The second kappa shape index (κ2) is 8.68. The quantitative estimate of drug-likeness (QED) is 0.802. The van der Waals surface area contributed by atoms with Gasteiger partial charge in [-0.3, -0.25) is 0 Å². The fraction of sp³-hybridized carbons (Fsp3) is 0.667. The highest BCUT2D eigenvalue weighted by Gasteiger charge is 2.46. The number of carbonyl (C=O) groups is 1. The van der Waals surface area contributed by atoms with Crippen molar-refractivity contribution in [1.29, 1.82) is 0 Å². The van der Waals surface area contributed by atoms with Gasteiger partial charge in [0.25, 0.3) is 0 Å². The molecule has 1 amide bonds. The molecule has 1 saturated heterocycles. The molecule has 3 rings (SSSR count). The molecule has 0 radical (unpaired) electrons. The molecule has 0 aromatic heterocycles. The van der Waals surface area contributed by atoms with Crippen LogP contribution in [0, 0.1) is 0 Å². The molecule has 7 nitrogen and oxygen atoms in total. The standard InChI is InChI=1S/C21H32N2O5/c1-20(2,3)23-19(24)28-18-13-21(26-11-12-27-21)10-9-17(18)22-14-15-5-7-16(25-4)8-6-15/h5-8,17-18,22H,9-14H2,1-4H3,(H,23,24). The lowest BCUT2D eigenvalue weighted by Gasteiger charge is -2.41. The summed E-state index contributed by atoms with van der Waals surface area (Å²) < 4.78 is 22.7. The van der Waals surface area contributed by atoms with Crippen LogP contribution >= 0.6 is 0 Å². The van der Waals surface area contributed by atoms with Crippen molar-refractivity contribution in [3.05, 3.63) is 29.8 Å². The van der Waals surface area contributed by atoms with Gasteiger partial charge in [-0.25, -0.2) is 4.79 Å². The molecule has 1 heterocycles. The first-order valence-electron chi connectivity index (χ1n) is 9.92. The third-order valence-electron chi connectivity index (χ3n) is 5.07. The van der Waals surface area contributed by atoms with Crippen molar-refractivity contribution in [3.8, 4) is 5.75 Å². The van der Waals surface area contributed by atoms with Crippen molar-refractivity contribution in [2.75, 3.05) is 20.3 Å². The number of rotatable bonds is 5. The van der Waals surface area contributed by atoms with E-state index in [2.05, 4.69) is 10.6 Å². The van der Waals surface area contributed by atoms with Crippen LogP contribution in [0.4, 0.5) is 4.79 Å². The zero-order valence-corrected chi connectivity index (χ0v) is 17.2. The molecule has 2 unspecified atom stereocenters. The Bertz CT molecular complexity index is 650. The van der Waals surface area contributed by atoms with Gasteiger partial charge in [-0.1, -0.05) is 12.1 Å². The smallest absolute Gasteiger partial charge is 0.407 e. The summed E-state index contributed by atoms with van der Waals surface area (Å²) in [5, 5.41) is 6.41. The Kier molecular flexibility index (Phi) is 6.47. The van der Waals surface area contributed by atoms with Gasteiger partial charge in [0.2, 0.25) is 0 Å². The molecule has 1 aliphatic heterocycles. The molecule has 28 heavy (non-hydrogen) atoms. The number of alkyl carbamates (subject to hydrolysis) is 1. The number of methoxy groups -OCH3 is 1. The van der Waals surface area contributed by atoms with Crippen molar-refractivity contribution in [1.82, 2.24) is 10.6 Å². The SMILES string of the molecule is COc1ccc(CNC2CCC3(CC2OC(=O)NC(C)(C)C)OCCO3)cc1. The van der Waals surface area contributed by atoms with Crippen LogP contribution in [-0.4, -0.2) is 49.9 Å². The maximum Gasteiger partial charge on any atom is 0.407 e. The zero-order chi connectivity index (χ0) is 20.2. The third-order valence-corrected chi connectivity index (χ3v) is 5.07. The highest BCUT2D eigenvalue weighted by atomic mass is 16.7. The Morgan fingerprint density at radius 1 is 1.21 bits per heavy atom. The average molecular weight is 392 g/mol. The Labute approximate surface area is 167 Å². The van der Waals surface area contributed by atoms with Gasteiger partial charge in [0.05, 0.1) is 20.3 Å². The van der Waals surface area contributed by atoms with Crippen LogP contribution in [-0.2, 0) is 20.8 Å². The lowest BCUT2D eigenvalue weighted by atomic mass is 9.87. The first-order chi connectivity index (χ1) is 13.3. The lowest BCUT2D eigenvalue weighted by Crippen LogP contribution is -2.54. The van der Waals surface area contributed by atoms with E-state index >= 15 is 0 Å². The van der Waals surface area contributed by atoms with Gasteiger partial charge in [-0.15, -0.1) is 0 Å². The van der Waals surface area contributed by atoms with E-state index in [0.29, 0.717) is 26.2 Å². The fourth-order valence-electron chi connectivity index (χ4n) is 3.69. The van der Waals surface area contributed by atoms with Gasteiger partial charge in [-0.05, 0) is 44.9 Å². The summed E-state index contributed by atoms with van der Waals surface area (Å²) in [5.74, 6) is 0.212. The van der Waals surface area contributed by atoms with Gasteiger partial charge in [-0.2, -0.15) is 0 Å². The van der Waals surface area contributed by atoms with Crippen LogP contribution in [0.1, 0.15) is 45.6 Å². The fourth-order valence-corrected chi connectivity index (χ4v) is 3.69. The molecule has 2 atom stereocenters. The molecular weight excluding hydrogens is 360 g/mol. The van der Waals surface area contributed by atoms with Crippen molar-refractivity contribution in [2.45, 2.75) is 70.1 Å². The first-order valence-corrected chi connectivity index (χ1v) is 9.92. The molecule has 7 heteroatoms. The summed E-state index contributed by atoms with van der Waals surface area (Å²) in [7, 11) is 1.66. The number of nitrogens with one attached hydrogen (secondary N) is 2. The van der Waals surface area contributed by atoms with E-state index in [4.69, 9.17) is 18.9 Å². The average Bonchev–Trinajstić information content (AvgIpc) is 3.08. The maximum absolute atomic E-state index is 12.4. The van der Waals surface area contributed by atoms with Gasteiger partial charge < -0.3 is 29.6 Å². The third kappa shape index (κ3) is 5.59. The number of hydrogen-bond acceptors (Lipinski definition) is 6. The molecule has 1 saturated carbocycles. The second-order valence-corrected chi connectivity index (χ2v) is 8.50. The monoisotopic (exact) mass is 392 g/mol. The summed E-state index contributed by atoms with van der Waals surface area (Å²) in [6.45, 7) is 7.65. The van der Waals surface area contributed by atoms with Gasteiger partial charge in [0.15, 0.2) is 5.79 Å². The van der Waals surface area contributed by atoms with E-state index in [9.17, 15) is 4.79 Å². The normalized spacial score (nSPS) is 24.1. The number of amides is 1. The Hall–Kier alpha value is -1.83. The summed E-state index contributed by atoms with van der Waals surface area (Å²) in [5.41, 5.74) is 0.794. The minimum absolute atomic E-state index is 0.0336. The van der Waals surface area contributed by atoms with Gasteiger partial charge >= 0.3 is 6.09 Å². The van der Waals surface area contributed by atoms with Crippen LogP contribution in [0.15, 0.2) is 24.3 Å². The van der Waals surface area contributed by atoms with Crippen LogP contribution < -0.4 is 15.4 Å². The summed E-state index contributed by atoms with van der Waals surface area (Å²) in [4.78, 5) is 12.4. The van der Waals surface area contributed by atoms with E-state index in [1.807, 2.05) is 45.0 Å². The minimum atomic E-state index is -0.620. The van der Waals surface area contributed by atoms with Crippen LogP contribution in [0.3, 0.4) is 0 Å². The van der Waals surface area contributed by atoms with Crippen LogP contribution in [0.2, 0.25) is 0 Å². The number of benzene rings is 1. The molecule has 1 aromatic carbocycles. The first kappa shape index (κ1) is 20.9. The molecule has 2 fully saturated rings. The van der Waals surface area contributed by atoms with Gasteiger partial charge in [0.1, 0.15) is 11.9 Å². The van der Waals surface area contributed by atoms with E-state index in [-0.39, 0.29) is 17.7 Å². The molecule has 156 valence electrons. The Morgan fingerprint density at radius 2 is 1.89 bits per heavy atom. The number of carbonyl (C=O) groups excluding carboxylic acids is 1. The topological polar surface area (TPSA) is 78.1 Å². The molecule has 1 aromatic rings. The molecule has 2 aliphatic rings. The molecule has 0 bridgehead atoms. The molecule has 1 spiro atoms. The van der Waals surface area contributed by atoms with Crippen molar-refractivity contribution < 1.29 is 23.7 Å². The Morgan fingerprint density at radius 3 is 2.50 bits per heavy atom. The maximum atomic E-state index is 12.4. The lowest BCUT2D eigenvalue weighted by molar-refractivity contribution is -0.200. The highest BCUT2D eigenvalue weighted by Crippen LogP contribution is 2.37. The minimum Gasteiger partial charge on any atom is -0.497 e. The number of hydrogen-bond donors (Lipinski definition) is 2. The number of ether oxygens (including phenoxy) is 4. The summed E-state index contributed by atoms with van der Waals surface area (Å²) in [6, 6.07) is 7.98. The predicted octanol–water partition coefficient (Wildman–Crippen LogP) is 2.97. The predicted molar refractivity (Wildman–Crippen MR) is 105 cm³/mol. The van der Waals surface area contributed by atoms with Crippen LogP contribution in [0.25, 0.3) is 0 Å². The summed E-state index contributed by atoms with van der Waals surface area (Å²) in [6.07, 6.45) is 1.39.